The van der Waals surface area contributed by atoms with E-state index in [1.165, 1.54) is 0 Å². The van der Waals surface area contributed by atoms with E-state index >= 15 is 0 Å². The second-order valence-corrected chi connectivity index (χ2v) is 3.53. The predicted octanol–water partition coefficient (Wildman–Crippen LogP) is 1.22. The largest absolute Gasteiger partial charge is 0.271 e. The Morgan fingerprint density at radius 2 is 2.00 bits per heavy atom. The summed E-state index contributed by atoms with van der Waals surface area (Å²) in [7, 11) is 0. The van der Waals surface area contributed by atoms with E-state index in [2.05, 4.69) is 15.4 Å². The molecule has 82 valence electrons. The summed E-state index contributed by atoms with van der Waals surface area (Å²) < 4.78 is 0. The van der Waals surface area contributed by atoms with Crippen molar-refractivity contribution in [2.45, 2.75) is 12.5 Å². The second kappa shape index (κ2) is 5.34. The van der Waals surface area contributed by atoms with E-state index in [0.717, 1.165) is 17.7 Å². The van der Waals surface area contributed by atoms with Crippen LogP contribution in [-0.4, -0.2) is 9.97 Å². The summed E-state index contributed by atoms with van der Waals surface area (Å²) in [5.74, 6) is 5.56. The first-order chi connectivity index (χ1) is 7.90. The molecule has 1 atom stereocenters. The lowest BCUT2D eigenvalue weighted by Crippen LogP contribution is -2.29. The summed E-state index contributed by atoms with van der Waals surface area (Å²) >= 11 is 0. The Morgan fingerprint density at radius 3 is 2.62 bits per heavy atom. The van der Waals surface area contributed by atoms with Crippen LogP contribution in [0.25, 0.3) is 0 Å². The van der Waals surface area contributed by atoms with Gasteiger partial charge in [-0.05, 0) is 11.6 Å². The average Bonchev–Trinajstić information content (AvgIpc) is 2.38. The third-order valence-corrected chi connectivity index (χ3v) is 2.46. The summed E-state index contributed by atoms with van der Waals surface area (Å²) in [5.41, 5.74) is 4.94. The highest BCUT2D eigenvalue weighted by Gasteiger charge is 2.10. The Kier molecular flexibility index (Phi) is 3.58. The van der Waals surface area contributed by atoms with E-state index in [4.69, 9.17) is 5.84 Å². The topological polar surface area (TPSA) is 63.8 Å². The SMILES string of the molecule is NNC(Cc1ccncn1)c1ccccc1. The molecule has 0 aliphatic rings. The van der Waals surface area contributed by atoms with Crippen LogP contribution in [-0.2, 0) is 6.42 Å². The molecule has 4 heteroatoms. The van der Waals surface area contributed by atoms with Crippen LogP contribution >= 0.6 is 0 Å². The van der Waals surface area contributed by atoms with Gasteiger partial charge in [-0.25, -0.2) is 9.97 Å². The zero-order valence-corrected chi connectivity index (χ0v) is 8.88. The molecule has 0 bridgehead atoms. The molecule has 1 unspecified atom stereocenters. The zero-order valence-electron chi connectivity index (χ0n) is 8.88. The lowest BCUT2D eigenvalue weighted by molar-refractivity contribution is 0.545. The summed E-state index contributed by atoms with van der Waals surface area (Å²) in [5, 5.41) is 0. The molecule has 16 heavy (non-hydrogen) atoms. The summed E-state index contributed by atoms with van der Waals surface area (Å²) in [6.07, 6.45) is 4.04. The monoisotopic (exact) mass is 214 g/mol. The van der Waals surface area contributed by atoms with Crippen LogP contribution in [0.4, 0.5) is 0 Å². The summed E-state index contributed by atoms with van der Waals surface area (Å²) in [4.78, 5) is 8.07. The van der Waals surface area contributed by atoms with Gasteiger partial charge in [-0.1, -0.05) is 30.3 Å². The molecule has 1 aromatic carbocycles. The first-order valence-corrected chi connectivity index (χ1v) is 5.16. The van der Waals surface area contributed by atoms with E-state index in [9.17, 15) is 0 Å². The maximum Gasteiger partial charge on any atom is 0.115 e. The van der Waals surface area contributed by atoms with Gasteiger partial charge in [0, 0.05) is 18.3 Å². The first kappa shape index (κ1) is 10.7. The number of nitrogens with one attached hydrogen (secondary N) is 1. The molecule has 2 rings (SSSR count). The van der Waals surface area contributed by atoms with Gasteiger partial charge < -0.3 is 0 Å². The molecule has 0 radical (unpaired) electrons. The van der Waals surface area contributed by atoms with Gasteiger partial charge in [0.15, 0.2) is 0 Å². The van der Waals surface area contributed by atoms with Crippen LogP contribution in [0.5, 0.6) is 0 Å². The molecule has 0 fully saturated rings. The molecular weight excluding hydrogens is 200 g/mol. The number of aromatic nitrogens is 2. The molecule has 0 aliphatic heterocycles. The molecule has 0 saturated carbocycles. The lowest BCUT2D eigenvalue weighted by Gasteiger charge is -2.15. The van der Waals surface area contributed by atoms with Gasteiger partial charge in [0.2, 0.25) is 0 Å². The van der Waals surface area contributed by atoms with Crippen LogP contribution in [0.1, 0.15) is 17.3 Å². The Bertz CT molecular complexity index is 416. The normalized spacial score (nSPS) is 12.3. The minimum absolute atomic E-state index is 0.0797. The van der Waals surface area contributed by atoms with Crippen molar-refractivity contribution in [2.24, 2.45) is 5.84 Å². The summed E-state index contributed by atoms with van der Waals surface area (Å²) in [6.45, 7) is 0. The minimum Gasteiger partial charge on any atom is -0.271 e. The fourth-order valence-corrected chi connectivity index (χ4v) is 1.61. The predicted molar refractivity (Wildman–Crippen MR) is 62.2 cm³/mol. The molecule has 2 aromatic rings. The molecule has 0 amide bonds. The molecular formula is C12H14N4. The Balaban J connectivity index is 2.13. The fraction of sp³-hybridized carbons (Fsp3) is 0.167. The van der Waals surface area contributed by atoms with Crippen molar-refractivity contribution in [3.63, 3.8) is 0 Å². The maximum absolute atomic E-state index is 5.56. The van der Waals surface area contributed by atoms with Crippen molar-refractivity contribution in [3.8, 4) is 0 Å². The molecule has 0 spiro atoms. The molecule has 1 heterocycles. The van der Waals surface area contributed by atoms with Crippen molar-refractivity contribution in [2.75, 3.05) is 0 Å². The van der Waals surface area contributed by atoms with Crippen LogP contribution in [0.15, 0.2) is 48.9 Å². The molecule has 0 aliphatic carbocycles. The number of hydrogen-bond acceptors (Lipinski definition) is 4. The van der Waals surface area contributed by atoms with Gasteiger partial charge in [0.05, 0.1) is 6.04 Å². The number of hydrazine groups is 1. The summed E-state index contributed by atoms with van der Waals surface area (Å²) in [6, 6.07) is 12.1. The first-order valence-electron chi connectivity index (χ1n) is 5.16. The highest BCUT2D eigenvalue weighted by atomic mass is 15.2. The van der Waals surface area contributed by atoms with Gasteiger partial charge in [0.25, 0.3) is 0 Å². The van der Waals surface area contributed by atoms with E-state index in [0.29, 0.717) is 0 Å². The van der Waals surface area contributed by atoms with Gasteiger partial charge in [-0.3, -0.25) is 11.3 Å². The third kappa shape index (κ3) is 2.62. The van der Waals surface area contributed by atoms with E-state index in [1.54, 1.807) is 12.5 Å². The van der Waals surface area contributed by atoms with Gasteiger partial charge in [-0.15, -0.1) is 0 Å². The van der Waals surface area contributed by atoms with Gasteiger partial charge in [0.1, 0.15) is 6.33 Å². The van der Waals surface area contributed by atoms with Crippen LogP contribution in [0.3, 0.4) is 0 Å². The highest BCUT2D eigenvalue weighted by Crippen LogP contribution is 2.15. The average molecular weight is 214 g/mol. The van der Waals surface area contributed by atoms with E-state index < -0.39 is 0 Å². The lowest BCUT2D eigenvalue weighted by atomic mass is 10.0. The fourth-order valence-electron chi connectivity index (χ4n) is 1.61. The number of rotatable bonds is 4. The standard InChI is InChI=1S/C12H14N4/c13-16-12(10-4-2-1-3-5-10)8-11-6-7-14-9-15-11/h1-7,9,12,16H,8,13H2. The van der Waals surface area contributed by atoms with E-state index in [1.807, 2.05) is 36.4 Å². The second-order valence-electron chi connectivity index (χ2n) is 3.53. The quantitative estimate of drug-likeness (QED) is 0.593. The van der Waals surface area contributed by atoms with E-state index in [-0.39, 0.29) is 6.04 Å². The number of benzene rings is 1. The number of nitrogens with zero attached hydrogens (tertiary/aromatic N) is 2. The Hall–Kier alpha value is -1.78. The van der Waals surface area contributed by atoms with Crippen molar-refractivity contribution in [1.82, 2.24) is 15.4 Å². The molecule has 1 aromatic heterocycles. The maximum atomic E-state index is 5.56. The van der Waals surface area contributed by atoms with Crippen molar-refractivity contribution >= 4 is 0 Å². The van der Waals surface area contributed by atoms with Gasteiger partial charge in [-0.2, -0.15) is 0 Å². The number of hydrogen-bond donors (Lipinski definition) is 2. The highest BCUT2D eigenvalue weighted by molar-refractivity contribution is 5.20. The Labute approximate surface area is 94.5 Å². The Morgan fingerprint density at radius 1 is 1.19 bits per heavy atom. The molecule has 0 saturated heterocycles. The zero-order chi connectivity index (χ0) is 11.2. The molecule has 4 nitrogen and oxygen atoms in total. The number of nitrogens with two attached hydrogens (primary N) is 1. The molecule has 3 N–H and O–H groups in total. The minimum atomic E-state index is 0.0797. The third-order valence-electron chi connectivity index (χ3n) is 2.46. The van der Waals surface area contributed by atoms with Gasteiger partial charge >= 0.3 is 0 Å². The smallest absolute Gasteiger partial charge is 0.115 e. The van der Waals surface area contributed by atoms with Crippen LogP contribution < -0.4 is 11.3 Å². The van der Waals surface area contributed by atoms with Crippen LogP contribution in [0.2, 0.25) is 0 Å². The van der Waals surface area contributed by atoms with Crippen molar-refractivity contribution in [3.05, 3.63) is 60.2 Å². The van der Waals surface area contributed by atoms with Crippen molar-refractivity contribution in [1.29, 1.82) is 0 Å². The van der Waals surface area contributed by atoms with Crippen molar-refractivity contribution < 1.29 is 0 Å². The van der Waals surface area contributed by atoms with Crippen LogP contribution in [0, 0.1) is 0 Å².